The van der Waals surface area contributed by atoms with Crippen LogP contribution in [0.25, 0.3) is 0 Å². The van der Waals surface area contributed by atoms with E-state index in [4.69, 9.17) is 5.11 Å². The molecule has 1 aromatic heterocycles. The zero-order valence-electron chi connectivity index (χ0n) is 11.0. The maximum atomic E-state index is 10.9. The summed E-state index contributed by atoms with van der Waals surface area (Å²) in [4.78, 5) is 17.3. The molecule has 5 heteroatoms. The molecule has 2 rings (SSSR count). The highest BCUT2D eigenvalue weighted by Gasteiger charge is 2.26. The van der Waals surface area contributed by atoms with Gasteiger partial charge in [0.25, 0.3) is 0 Å². The van der Waals surface area contributed by atoms with Crippen LogP contribution in [0.5, 0.6) is 0 Å². The minimum absolute atomic E-state index is 0.331. The third-order valence-corrected chi connectivity index (χ3v) is 3.47. The molecule has 0 aliphatic heterocycles. The van der Waals surface area contributed by atoms with Gasteiger partial charge in [-0.25, -0.2) is 4.98 Å². The van der Waals surface area contributed by atoms with Crippen molar-refractivity contribution in [3.8, 4) is 0 Å². The Morgan fingerprint density at radius 2 is 2.39 bits per heavy atom. The summed E-state index contributed by atoms with van der Waals surface area (Å²) in [5, 5.41) is 8.96. The predicted octanol–water partition coefficient (Wildman–Crippen LogP) is 1.76. The van der Waals surface area contributed by atoms with Crippen LogP contribution in [0.4, 0.5) is 0 Å². The number of hydrogen-bond acceptors (Lipinski definition) is 3. The first-order valence-corrected chi connectivity index (χ1v) is 6.57. The molecule has 0 saturated heterocycles. The number of aromatic nitrogens is 2. The van der Waals surface area contributed by atoms with Gasteiger partial charge >= 0.3 is 5.97 Å². The second-order valence-corrected chi connectivity index (χ2v) is 5.09. The molecule has 0 aromatic carbocycles. The summed E-state index contributed by atoms with van der Waals surface area (Å²) in [7, 11) is 0. The van der Waals surface area contributed by atoms with Crippen molar-refractivity contribution in [1.82, 2.24) is 14.5 Å². The van der Waals surface area contributed by atoms with Crippen molar-refractivity contribution in [3.05, 3.63) is 18.2 Å². The number of aliphatic carboxylic acids is 1. The van der Waals surface area contributed by atoms with E-state index in [1.165, 1.54) is 18.5 Å². The smallest absolute Gasteiger partial charge is 0.307 e. The summed E-state index contributed by atoms with van der Waals surface area (Å²) in [6.07, 6.45) is 6.26. The van der Waals surface area contributed by atoms with Crippen molar-refractivity contribution >= 4 is 5.97 Å². The fourth-order valence-corrected chi connectivity index (χ4v) is 2.14. The third-order valence-electron chi connectivity index (χ3n) is 3.47. The Bertz CT molecular complexity index is 412. The molecule has 0 spiro atoms. The van der Waals surface area contributed by atoms with Gasteiger partial charge in [0.05, 0.1) is 17.9 Å². The average molecular weight is 251 g/mol. The van der Waals surface area contributed by atoms with Crippen LogP contribution in [-0.2, 0) is 11.3 Å². The number of carboxylic acids is 1. The molecule has 1 heterocycles. The Hall–Kier alpha value is -1.36. The van der Waals surface area contributed by atoms with Crippen LogP contribution in [0.2, 0.25) is 0 Å². The van der Waals surface area contributed by atoms with E-state index >= 15 is 0 Å². The minimum atomic E-state index is -0.732. The zero-order chi connectivity index (χ0) is 13.1. The van der Waals surface area contributed by atoms with Gasteiger partial charge in [-0.2, -0.15) is 0 Å². The van der Waals surface area contributed by atoms with Crippen LogP contribution in [0.3, 0.4) is 0 Å². The standard InChI is InChI=1S/C13H21N3O2/c1-3-15(7-10(2)13(17)18)8-12-6-14-9-16(12)11-4-5-11/h6,9-11H,3-5,7-8H2,1-2H3,(H,17,18). The molecule has 100 valence electrons. The lowest BCUT2D eigenvalue weighted by atomic mass is 10.1. The number of hydrogen-bond donors (Lipinski definition) is 1. The van der Waals surface area contributed by atoms with Crippen molar-refractivity contribution < 1.29 is 9.90 Å². The maximum Gasteiger partial charge on any atom is 0.307 e. The monoisotopic (exact) mass is 251 g/mol. The molecule has 1 N–H and O–H groups in total. The summed E-state index contributed by atoms with van der Waals surface area (Å²) in [5.74, 6) is -1.06. The molecule has 0 bridgehead atoms. The van der Waals surface area contributed by atoms with Crippen molar-refractivity contribution in [1.29, 1.82) is 0 Å². The number of imidazole rings is 1. The third kappa shape index (κ3) is 3.10. The lowest BCUT2D eigenvalue weighted by molar-refractivity contribution is -0.141. The molecule has 1 aliphatic rings. The average Bonchev–Trinajstić information content (AvgIpc) is 3.09. The van der Waals surface area contributed by atoms with Crippen LogP contribution in [-0.4, -0.2) is 38.6 Å². The molecule has 0 radical (unpaired) electrons. The molecule has 18 heavy (non-hydrogen) atoms. The second-order valence-electron chi connectivity index (χ2n) is 5.09. The summed E-state index contributed by atoms with van der Waals surface area (Å²) >= 11 is 0. The SMILES string of the molecule is CCN(Cc1cncn1C1CC1)CC(C)C(=O)O. The highest BCUT2D eigenvalue weighted by atomic mass is 16.4. The van der Waals surface area contributed by atoms with Gasteiger partial charge in [-0.1, -0.05) is 13.8 Å². The molecular formula is C13H21N3O2. The van der Waals surface area contributed by atoms with Crippen molar-refractivity contribution in [2.75, 3.05) is 13.1 Å². The predicted molar refractivity (Wildman–Crippen MR) is 68.2 cm³/mol. The van der Waals surface area contributed by atoms with E-state index in [0.717, 1.165) is 13.1 Å². The molecule has 1 fully saturated rings. The molecule has 5 nitrogen and oxygen atoms in total. The topological polar surface area (TPSA) is 58.4 Å². The normalized spacial score (nSPS) is 17.1. The van der Waals surface area contributed by atoms with Crippen LogP contribution < -0.4 is 0 Å². The largest absolute Gasteiger partial charge is 0.481 e. The van der Waals surface area contributed by atoms with E-state index in [1.807, 2.05) is 12.5 Å². The molecule has 0 amide bonds. The number of rotatable bonds is 7. The molecule has 1 aliphatic carbocycles. The Kier molecular flexibility index (Phi) is 4.01. The fourth-order valence-electron chi connectivity index (χ4n) is 2.14. The lowest BCUT2D eigenvalue weighted by Crippen LogP contribution is -2.32. The van der Waals surface area contributed by atoms with Gasteiger partial charge in [0.15, 0.2) is 0 Å². The van der Waals surface area contributed by atoms with Gasteiger partial charge in [-0.3, -0.25) is 9.69 Å². The molecule has 1 saturated carbocycles. The van der Waals surface area contributed by atoms with Crippen molar-refractivity contribution in [3.63, 3.8) is 0 Å². The zero-order valence-corrected chi connectivity index (χ0v) is 11.0. The number of carbonyl (C=O) groups is 1. The van der Waals surface area contributed by atoms with E-state index in [9.17, 15) is 4.79 Å². The quantitative estimate of drug-likeness (QED) is 0.802. The van der Waals surface area contributed by atoms with Gasteiger partial charge in [-0.05, 0) is 19.4 Å². The molecular weight excluding hydrogens is 230 g/mol. The van der Waals surface area contributed by atoms with Gasteiger partial charge in [0, 0.05) is 25.3 Å². The van der Waals surface area contributed by atoms with Crippen LogP contribution in [0, 0.1) is 5.92 Å². The highest BCUT2D eigenvalue weighted by molar-refractivity contribution is 5.69. The summed E-state index contributed by atoms with van der Waals surface area (Å²) < 4.78 is 2.23. The lowest BCUT2D eigenvalue weighted by Gasteiger charge is -2.22. The van der Waals surface area contributed by atoms with Crippen molar-refractivity contribution in [2.45, 2.75) is 39.3 Å². The first-order chi connectivity index (χ1) is 8.61. The Balaban J connectivity index is 1.96. The number of nitrogens with zero attached hydrogens (tertiary/aromatic N) is 3. The Labute approximate surface area is 107 Å². The van der Waals surface area contributed by atoms with Gasteiger partial charge in [-0.15, -0.1) is 0 Å². The summed E-state index contributed by atoms with van der Waals surface area (Å²) in [5.41, 5.74) is 1.19. The fraction of sp³-hybridized carbons (Fsp3) is 0.692. The van der Waals surface area contributed by atoms with E-state index in [1.54, 1.807) is 6.92 Å². The van der Waals surface area contributed by atoms with Crippen LogP contribution in [0.15, 0.2) is 12.5 Å². The Morgan fingerprint density at radius 3 is 2.94 bits per heavy atom. The Morgan fingerprint density at radius 1 is 1.67 bits per heavy atom. The minimum Gasteiger partial charge on any atom is -0.481 e. The highest BCUT2D eigenvalue weighted by Crippen LogP contribution is 2.35. The van der Waals surface area contributed by atoms with Crippen LogP contribution >= 0.6 is 0 Å². The van der Waals surface area contributed by atoms with Gasteiger partial charge in [0.2, 0.25) is 0 Å². The van der Waals surface area contributed by atoms with E-state index in [2.05, 4.69) is 21.4 Å². The number of carboxylic acid groups (broad SMARTS) is 1. The van der Waals surface area contributed by atoms with Gasteiger partial charge < -0.3 is 9.67 Å². The summed E-state index contributed by atoms with van der Waals surface area (Å²) in [6, 6.07) is 0.623. The maximum absolute atomic E-state index is 10.9. The summed E-state index contributed by atoms with van der Waals surface area (Å²) in [6.45, 7) is 6.04. The molecule has 1 aromatic rings. The van der Waals surface area contributed by atoms with Crippen LogP contribution in [0.1, 0.15) is 38.4 Å². The first-order valence-electron chi connectivity index (χ1n) is 6.57. The molecule has 1 atom stereocenters. The second kappa shape index (κ2) is 5.52. The van der Waals surface area contributed by atoms with E-state index in [0.29, 0.717) is 12.6 Å². The van der Waals surface area contributed by atoms with Gasteiger partial charge in [0.1, 0.15) is 0 Å². The van der Waals surface area contributed by atoms with E-state index in [-0.39, 0.29) is 5.92 Å². The molecule has 1 unspecified atom stereocenters. The van der Waals surface area contributed by atoms with E-state index < -0.39 is 5.97 Å². The van der Waals surface area contributed by atoms with Crippen molar-refractivity contribution in [2.24, 2.45) is 5.92 Å². The first kappa shape index (κ1) is 13.1.